The first-order valence-corrected chi connectivity index (χ1v) is 11.4. The van der Waals surface area contributed by atoms with Crippen LogP contribution in [0.1, 0.15) is 44.7 Å². The Morgan fingerprint density at radius 1 is 1.21 bits per heavy atom. The minimum atomic E-state index is -0.516. The van der Waals surface area contributed by atoms with Crippen LogP contribution in [0.3, 0.4) is 0 Å². The molecule has 33 heavy (non-hydrogen) atoms. The van der Waals surface area contributed by atoms with Gasteiger partial charge in [-0.1, -0.05) is 30.3 Å². The van der Waals surface area contributed by atoms with Crippen molar-refractivity contribution < 1.29 is 9.53 Å². The summed E-state index contributed by atoms with van der Waals surface area (Å²) in [5, 5.41) is 9.57. The molecule has 1 aliphatic heterocycles. The highest BCUT2D eigenvalue weighted by Crippen LogP contribution is 2.28. The zero-order chi connectivity index (χ0) is 23.6. The number of ether oxygens (including phenoxy) is 1. The molecule has 1 unspecified atom stereocenters. The predicted molar refractivity (Wildman–Crippen MR) is 129 cm³/mol. The summed E-state index contributed by atoms with van der Waals surface area (Å²) in [6.07, 6.45) is 1.61. The Balaban J connectivity index is 1.64. The first kappa shape index (κ1) is 22.7. The maximum absolute atomic E-state index is 12.7. The molecule has 7 nitrogen and oxygen atoms in total. The van der Waals surface area contributed by atoms with E-state index in [0.29, 0.717) is 25.2 Å². The van der Waals surface area contributed by atoms with Gasteiger partial charge in [-0.3, -0.25) is 0 Å². The lowest BCUT2D eigenvalue weighted by Gasteiger charge is -2.38. The summed E-state index contributed by atoms with van der Waals surface area (Å²) >= 11 is 0. The fourth-order valence-electron chi connectivity index (χ4n) is 4.35. The van der Waals surface area contributed by atoms with Crippen LogP contribution in [-0.2, 0) is 11.3 Å². The predicted octanol–water partition coefficient (Wildman–Crippen LogP) is 4.79. The number of piperidine rings is 1. The first-order valence-electron chi connectivity index (χ1n) is 11.4. The van der Waals surface area contributed by atoms with Crippen molar-refractivity contribution in [3.63, 3.8) is 0 Å². The first-order chi connectivity index (χ1) is 15.8. The molecule has 0 N–H and O–H groups in total. The second-order valence-electron chi connectivity index (χ2n) is 9.59. The van der Waals surface area contributed by atoms with E-state index in [1.165, 1.54) is 0 Å². The van der Waals surface area contributed by atoms with Crippen LogP contribution in [0.4, 0.5) is 10.7 Å². The van der Waals surface area contributed by atoms with Crippen molar-refractivity contribution in [3.8, 4) is 6.07 Å². The van der Waals surface area contributed by atoms with Gasteiger partial charge in [-0.15, -0.1) is 0 Å². The Morgan fingerprint density at radius 3 is 2.70 bits per heavy atom. The van der Waals surface area contributed by atoms with Gasteiger partial charge in [0.15, 0.2) is 0 Å². The number of imidazole rings is 1. The fraction of sp³-hybridized carbons (Fsp3) is 0.423. The second-order valence-corrected chi connectivity index (χ2v) is 9.59. The summed E-state index contributed by atoms with van der Waals surface area (Å²) in [4.78, 5) is 21.6. The Bertz CT molecular complexity index is 1190. The van der Waals surface area contributed by atoms with E-state index in [1.54, 1.807) is 4.90 Å². The number of para-hydroxylation sites is 2. The smallest absolute Gasteiger partial charge is 0.410 e. The Kier molecular flexibility index (Phi) is 6.28. The molecule has 7 heteroatoms. The average Bonchev–Trinajstić information content (AvgIpc) is 3.16. The Morgan fingerprint density at radius 2 is 1.94 bits per heavy atom. The van der Waals surface area contributed by atoms with Gasteiger partial charge in [-0.2, -0.15) is 5.26 Å². The molecule has 0 saturated carbocycles. The molecule has 4 rings (SSSR count). The number of carbonyl (C=O) groups excluding carboxylic acids is 1. The number of carbonyl (C=O) groups is 1. The number of amides is 1. The van der Waals surface area contributed by atoms with Gasteiger partial charge in [-0.25, -0.2) is 9.78 Å². The van der Waals surface area contributed by atoms with Crippen LogP contribution in [0.25, 0.3) is 11.0 Å². The number of likely N-dealkylation sites (N-methyl/N-ethyl adjacent to an activating group) is 1. The third-order valence-electron chi connectivity index (χ3n) is 6.01. The number of nitriles is 1. The van der Waals surface area contributed by atoms with Crippen LogP contribution in [-0.4, -0.2) is 52.3 Å². The van der Waals surface area contributed by atoms with E-state index < -0.39 is 5.60 Å². The van der Waals surface area contributed by atoms with Gasteiger partial charge in [0.25, 0.3) is 0 Å². The summed E-state index contributed by atoms with van der Waals surface area (Å²) < 4.78 is 7.77. The minimum Gasteiger partial charge on any atom is -0.444 e. The van der Waals surface area contributed by atoms with Gasteiger partial charge in [0.05, 0.1) is 29.2 Å². The van der Waals surface area contributed by atoms with Gasteiger partial charge in [0, 0.05) is 26.2 Å². The lowest BCUT2D eigenvalue weighted by Crippen LogP contribution is -2.50. The quantitative estimate of drug-likeness (QED) is 0.577. The molecule has 1 amide bonds. The van der Waals surface area contributed by atoms with Gasteiger partial charge < -0.3 is 19.1 Å². The molecule has 1 atom stereocenters. The van der Waals surface area contributed by atoms with Crippen LogP contribution < -0.4 is 4.90 Å². The maximum atomic E-state index is 12.7. The highest BCUT2D eigenvalue weighted by molar-refractivity contribution is 5.79. The van der Waals surface area contributed by atoms with Gasteiger partial charge in [0.1, 0.15) is 5.60 Å². The number of likely N-dealkylation sites (tertiary alicyclic amines) is 1. The number of rotatable bonds is 4. The third-order valence-corrected chi connectivity index (χ3v) is 6.01. The van der Waals surface area contributed by atoms with Crippen molar-refractivity contribution in [2.45, 2.75) is 51.8 Å². The van der Waals surface area contributed by atoms with E-state index in [2.05, 4.69) is 21.6 Å². The fourth-order valence-corrected chi connectivity index (χ4v) is 4.35. The van der Waals surface area contributed by atoms with Crippen LogP contribution in [0.5, 0.6) is 0 Å². The molecule has 1 fully saturated rings. The SMILES string of the molecule is CN(c1nc2ccccc2n1Cc1ccccc1C#N)C1CCCN(C(=O)OC(C)(C)C)C1. The summed E-state index contributed by atoms with van der Waals surface area (Å²) in [5.74, 6) is 0.833. The molecule has 2 heterocycles. The summed E-state index contributed by atoms with van der Waals surface area (Å²) in [6, 6.07) is 18.1. The van der Waals surface area contributed by atoms with Gasteiger partial charge in [-0.05, 0) is 57.4 Å². The van der Waals surface area contributed by atoms with Crippen molar-refractivity contribution in [2.24, 2.45) is 0 Å². The van der Waals surface area contributed by atoms with E-state index in [1.807, 2.05) is 70.3 Å². The number of aromatic nitrogens is 2. The zero-order valence-corrected chi connectivity index (χ0v) is 19.8. The van der Waals surface area contributed by atoms with Crippen molar-refractivity contribution >= 4 is 23.1 Å². The number of anilines is 1. The van der Waals surface area contributed by atoms with Gasteiger partial charge >= 0.3 is 6.09 Å². The van der Waals surface area contributed by atoms with Crippen LogP contribution in [0, 0.1) is 11.3 Å². The normalized spacial score (nSPS) is 16.5. The largest absolute Gasteiger partial charge is 0.444 e. The average molecular weight is 446 g/mol. The van der Waals surface area contributed by atoms with Crippen molar-refractivity contribution in [2.75, 3.05) is 25.0 Å². The zero-order valence-electron chi connectivity index (χ0n) is 19.8. The molecule has 1 aromatic heterocycles. The van der Waals surface area contributed by atoms with E-state index in [0.717, 1.165) is 35.4 Å². The Hall–Kier alpha value is -3.53. The molecule has 0 aliphatic carbocycles. The molecule has 172 valence electrons. The molecule has 0 spiro atoms. The molecule has 1 saturated heterocycles. The summed E-state index contributed by atoms with van der Waals surface area (Å²) in [5.41, 5.74) is 3.04. The highest BCUT2D eigenvalue weighted by atomic mass is 16.6. The molecule has 0 radical (unpaired) electrons. The molecular weight excluding hydrogens is 414 g/mol. The standard InChI is InChI=1S/C26H31N5O2/c1-26(2,3)33-25(32)30-15-9-12-21(18-30)29(4)24-28-22-13-7-8-14-23(22)31(24)17-20-11-6-5-10-19(20)16-27/h5-8,10-11,13-14,21H,9,12,15,17-18H2,1-4H3. The molecule has 3 aromatic rings. The van der Waals surface area contributed by atoms with Crippen molar-refractivity contribution in [1.29, 1.82) is 5.26 Å². The van der Waals surface area contributed by atoms with Gasteiger partial charge in [0.2, 0.25) is 5.95 Å². The lowest BCUT2D eigenvalue weighted by molar-refractivity contribution is 0.0199. The summed E-state index contributed by atoms with van der Waals surface area (Å²) in [6.45, 7) is 7.50. The lowest BCUT2D eigenvalue weighted by atomic mass is 10.1. The van der Waals surface area contributed by atoms with E-state index >= 15 is 0 Å². The molecule has 0 bridgehead atoms. The van der Waals surface area contributed by atoms with Crippen LogP contribution in [0.2, 0.25) is 0 Å². The number of benzene rings is 2. The maximum Gasteiger partial charge on any atom is 0.410 e. The van der Waals surface area contributed by atoms with E-state index in [4.69, 9.17) is 9.72 Å². The number of fused-ring (bicyclic) bond motifs is 1. The Labute approximate surface area is 195 Å². The second kappa shape index (κ2) is 9.14. The minimum absolute atomic E-state index is 0.119. The monoisotopic (exact) mass is 445 g/mol. The van der Waals surface area contributed by atoms with Crippen LogP contribution >= 0.6 is 0 Å². The van der Waals surface area contributed by atoms with Crippen molar-refractivity contribution in [3.05, 3.63) is 59.7 Å². The molecule has 2 aromatic carbocycles. The number of nitrogens with zero attached hydrogens (tertiary/aromatic N) is 5. The number of hydrogen-bond acceptors (Lipinski definition) is 5. The van der Waals surface area contributed by atoms with E-state index in [-0.39, 0.29) is 12.1 Å². The highest BCUT2D eigenvalue weighted by Gasteiger charge is 2.31. The third kappa shape index (κ3) is 4.95. The molecule has 1 aliphatic rings. The topological polar surface area (TPSA) is 74.4 Å². The summed E-state index contributed by atoms with van der Waals surface area (Å²) in [7, 11) is 2.04. The number of hydrogen-bond donors (Lipinski definition) is 0. The van der Waals surface area contributed by atoms with Crippen molar-refractivity contribution in [1.82, 2.24) is 14.5 Å². The van der Waals surface area contributed by atoms with E-state index in [9.17, 15) is 10.1 Å². The molecular formula is C26H31N5O2. The van der Waals surface area contributed by atoms with Crippen LogP contribution in [0.15, 0.2) is 48.5 Å².